The minimum Gasteiger partial charge on any atom is -0.403 e. The molecular weight excluding hydrogens is 455 g/mol. The second kappa shape index (κ2) is 10.2. The van der Waals surface area contributed by atoms with Crippen LogP contribution in [0.15, 0.2) is 29.9 Å². The number of nitrogens with one attached hydrogen (secondary N) is 1. The number of fused-ring (bicyclic) bond motifs is 1. The molecule has 2 fully saturated rings. The lowest BCUT2D eigenvalue weighted by Gasteiger charge is -2.38. The van der Waals surface area contributed by atoms with Gasteiger partial charge in [0, 0.05) is 57.5 Å². The first-order chi connectivity index (χ1) is 16.9. The monoisotopic (exact) mass is 484 g/mol. The van der Waals surface area contributed by atoms with Crippen molar-refractivity contribution in [1.29, 1.82) is 0 Å². The zero-order valence-electron chi connectivity index (χ0n) is 19.3. The third kappa shape index (κ3) is 4.61. The number of amides is 2. The van der Waals surface area contributed by atoms with E-state index in [0.717, 1.165) is 31.9 Å². The van der Waals surface area contributed by atoms with Crippen molar-refractivity contribution in [3.63, 3.8) is 0 Å². The number of nitrogens with zero attached hydrogens (tertiary/aromatic N) is 5. The topological polar surface area (TPSA) is 154 Å². The van der Waals surface area contributed by atoms with E-state index in [4.69, 9.17) is 11.5 Å². The lowest BCUT2D eigenvalue weighted by molar-refractivity contribution is -0.141. The summed E-state index contributed by atoms with van der Waals surface area (Å²) in [5.41, 5.74) is 11.6. The molecule has 0 bridgehead atoms. The van der Waals surface area contributed by atoms with E-state index in [1.54, 1.807) is 4.90 Å². The number of ketones is 1. The highest BCUT2D eigenvalue weighted by molar-refractivity contribution is 6.45. The molecule has 11 nitrogen and oxygen atoms in total. The molecule has 0 radical (unpaired) electrons. The van der Waals surface area contributed by atoms with Crippen molar-refractivity contribution in [2.45, 2.75) is 31.7 Å². The smallest absolute Gasteiger partial charge is 0.295 e. The van der Waals surface area contributed by atoms with Crippen molar-refractivity contribution >= 4 is 41.0 Å². The second-order valence-electron chi connectivity index (χ2n) is 8.71. The van der Waals surface area contributed by atoms with Gasteiger partial charge in [-0.05, 0) is 12.8 Å². The molecule has 0 spiro atoms. The summed E-state index contributed by atoms with van der Waals surface area (Å²) < 4.78 is 14.7. The van der Waals surface area contributed by atoms with Crippen LogP contribution in [0.5, 0.6) is 0 Å². The Labute approximate surface area is 201 Å². The van der Waals surface area contributed by atoms with Crippen LogP contribution in [0.1, 0.15) is 36.0 Å². The number of nitrogens with two attached hydrogens (primary N) is 2. The van der Waals surface area contributed by atoms with Crippen molar-refractivity contribution in [3.8, 4) is 0 Å². The number of anilines is 1. The molecule has 2 aliphatic rings. The molecule has 2 amide bonds. The fraction of sp³-hybridized carbons (Fsp3) is 0.435. The molecule has 4 rings (SSSR count). The molecule has 1 aliphatic carbocycles. The summed E-state index contributed by atoms with van der Waals surface area (Å²) in [4.78, 5) is 48.9. The van der Waals surface area contributed by atoms with Crippen molar-refractivity contribution < 1.29 is 18.8 Å². The maximum absolute atomic E-state index is 14.7. The summed E-state index contributed by atoms with van der Waals surface area (Å²) in [5, 5.41) is 4.90. The van der Waals surface area contributed by atoms with Gasteiger partial charge in [0.2, 0.25) is 5.91 Å². The molecule has 2 aromatic heterocycles. The molecule has 35 heavy (non-hydrogen) atoms. The number of pyridine rings is 1. The largest absolute Gasteiger partial charge is 0.403 e. The Morgan fingerprint density at radius 2 is 1.89 bits per heavy atom. The first kappa shape index (κ1) is 24.3. The van der Waals surface area contributed by atoms with Crippen LogP contribution in [0.2, 0.25) is 0 Å². The second-order valence-corrected chi connectivity index (χ2v) is 8.71. The minimum absolute atomic E-state index is 0.0151. The Morgan fingerprint density at radius 1 is 1.20 bits per heavy atom. The number of Topliss-reactive ketones (excluding diaryl/α,β-unsaturated/α-hetero) is 1. The van der Waals surface area contributed by atoms with Gasteiger partial charge in [0.1, 0.15) is 0 Å². The minimum atomic E-state index is -0.853. The Morgan fingerprint density at radius 3 is 2.54 bits per heavy atom. The molecule has 186 valence electrons. The van der Waals surface area contributed by atoms with Gasteiger partial charge in [-0.1, -0.05) is 12.8 Å². The molecule has 0 aromatic carbocycles. The van der Waals surface area contributed by atoms with Gasteiger partial charge < -0.3 is 26.3 Å². The van der Waals surface area contributed by atoms with Gasteiger partial charge in [-0.2, -0.15) is 5.10 Å². The van der Waals surface area contributed by atoms with E-state index >= 15 is 0 Å². The van der Waals surface area contributed by atoms with Crippen molar-refractivity contribution in [2.24, 2.45) is 22.5 Å². The third-order valence-electron chi connectivity index (χ3n) is 6.69. The van der Waals surface area contributed by atoms with Crippen LogP contribution in [-0.2, 0) is 9.59 Å². The van der Waals surface area contributed by atoms with Crippen LogP contribution >= 0.6 is 0 Å². The van der Waals surface area contributed by atoms with Crippen LogP contribution in [0, 0.1) is 11.7 Å². The summed E-state index contributed by atoms with van der Waals surface area (Å²) in [7, 11) is 0. The number of halogens is 1. The van der Waals surface area contributed by atoms with Crippen molar-refractivity contribution in [2.75, 3.05) is 31.2 Å². The average Bonchev–Trinajstić information content (AvgIpc) is 3.33. The van der Waals surface area contributed by atoms with Gasteiger partial charge in [-0.25, -0.2) is 14.4 Å². The van der Waals surface area contributed by atoms with Gasteiger partial charge in [0.25, 0.3) is 11.7 Å². The fourth-order valence-electron chi connectivity index (χ4n) is 4.80. The summed E-state index contributed by atoms with van der Waals surface area (Å²) in [6.07, 6.45) is 8.42. The van der Waals surface area contributed by atoms with Gasteiger partial charge in [0.15, 0.2) is 11.6 Å². The van der Waals surface area contributed by atoms with Crippen molar-refractivity contribution in [1.82, 2.24) is 19.8 Å². The predicted octanol–water partition coefficient (Wildman–Crippen LogP) is 0.925. The van der Waals surface area contributed by atoms with Crippen LogP contribution in [0.4, 0.5) is 10.2 Å². The predicted molar refractivity (Wildman–Crippen MR) is 129 cm³/mol. The standard InChI is InChI=1S/C23H29FN8O3/c1-27-32(7-6-25)21-19-18(16(24)13-29-21)15(12-28-19)20(33)23(35)31-10-8-30(9-11-31)22(34)14-4-2-3-5-17(14)26/h6-7,12-14,17,28H,1-5,8-11,25-26H2/b7-6-/t14-,17-/m0/s1. The SMILES string of the molecule is C=NN(/C=C\N)c1ncc(F)c2c(C(=O)C(=O)N3CCN(C(=O)[C@H]4CCCC[C@@H]4N)CC3)c[nH]c12. The van der Waals surface area contributed by atoms with Gasteiger partial charge in [0.05, 0.1) is 28.6 Å². The fourth-order valence-corrected chi connectivity index (χ4v) is 4.80. The number of aromatic nitrogens is 2. The van der Waals surface area contributed by atoms with Crippen LogP contribution in [0.3, 0.4) is 0 Å². The number of hydrogen-bond acceptors (Lipinski definition) is 8. The molecule has 5 N–H and O–H groups in total. The Balaban J connectivity index is 1.49. The molecule has 1 aliphatic heterocycles. The number of H-pyrrole nitrogens is 1. The van der Waals surface area contributed by atoms with Crippen LogP contribution in [-0.4, -0.2) is 76.3 Å². The highest BCUT2D eigenvalue weighted by Gasteiger charge is 2.35. The lowest BCUT2D eigenvalue weighted by atomic mass is 9.84. The summed E-state index contributed by atoms with van der Waals surface area (Å²) in [6.45, 7) is 4.50. The van der Waals surface area contributed by atoms with E-state index in [9.17, 15) is 18.8 Å². The molecular formula is C23H29FN8O3. The number of carbonyl (C=O) groups excluding carboxylic acids is 3. The van der Waals surface area contributed by atoms with Gasteiger partial charge in [-0.15, -0.1) is 0 Å². The van der Waals surface area contributed by atoms with E-state index in [1.807, 2.05) is 0 Å². The maximum Gasteiger partial charge on any atom is 0.295 e. The average molecular weight is 485 g/mol. The molecule has 12 heteroatoms. The third-order valence-corrected chi connectivity index (χ3v) is 6.69. The van der Waals surface area contributed by atoms with E-state index in [2.05, 4.69) is 21.8 Å². The number of aromatic amines is 1. The Kier molecular flexibility index (Phi) is 7.10. The maximum atomic E-state index is 14.7. The van der Waals surface area contributed by atoms with E-state index in [0.29, 0.717) is 13.1 Å². The zero-order chi connectivity index (χ0) is 25.1. The normalized spacial score (nSPS) is 20.9. The lowest BCUT2D eigenvalue weighted by Crippen LogP contribution is -2.55. The summed E-state index contributed by atoms with van der Waals surface area (Å²) in [5.74, 6) is -2.39. The molecule has 3 heterocycles. The zero-order valence-corrected chi connectivity index (χ0v) is 19.3. The number of hydrazone groups is 1. The molecule has 0 unspecified atom stereocenters. The number of carbonyl (C=O) groups is 3. The van der Waals surface area contributed by atoms with Gasteiger partial charge in [-0.3, -0.25) is 14.4 Å². The van der Waals surface area contributed by atoms with Crippen molar-refractivity contribution in [3.05, 3.63) is 36.2 Å². The van der Waals surface area contributed by atoms with E-state index in [1.165, 1.54) is 28.5 Å². The van der Waals surface area contributed by atoms with Gasteiger partial charge >= 0.3 is 0 Å². The number of hydrogen-bond donors (Lipinski definition) is 3. The van der Waals surface area contributed by atoms with E-state index < -0.39 is 17.5 Å². The highest BCUT2D eigenvalue weighted by Crippen LogP contribution is 2.30. The molecule has 1 saturated carbocycles. The highest BCUT2D eigenvalue weighted by atomic mass is 19.1. The summed E-state index contributed by atoms with van der Waals surface area (Å²) >= 11 is 0. The number of piperazine rings is 1. The molecule has 2 atom stereocenters. The first-order valence-corrected chi connectivity index (χ1v) is 11.5. The summed E-state index contributed by atoms with van der Waals surface area (Å²) in [6, 6.07) is -0.138. The Hall–Kier alpha value is -3.80. The van der Waals surface area contributed by atoms with Crippen LogP contribution in [0.25, 0.3) is 10.9 Å². The van der Waals surface area contributed by atoms with Crippen LogP contribution < -0.4 is 16.5 Å². The molecule has 2 aromatic rings. The number of rotatable bonds is 6. The van der Waals surface area contributed by atoms with E-state index in [-0.39, 0.29) is 53.2 Å². The Bertz CT molecular complexity index is 1170. The quantitative estimate of drug-likeness (QED) is 0.238. The molecule has 1 saturated heterocycles. The first-order valence-electron chi connectivity index (χ1n) is 11.5.